The van der Waals surface area contributed by atoms with Crippen LogP contribution in [0.1, 0.15) is 27.6 Å². The Bertz CT molecular complexity index is 748. The molecule has 0 aliphatic carbocycles. The Morgan fingerprint density at radius 3 is 2.72 bits per heavy atom. The second-order valence-corrected chi connectivity index (χ2v) is 5.98. The van der Waals surface area contributed by atoms with Crippen LogP contribution in [0.5, 0.6) is 5.75 Å². The van der Waals surface area contributed by atoms with Crippen molar-refractivity contribution in [1.29, 1.82) is 0 Å². The van der Waals surface area contributed by atoms with Gasteiger partial charge >= 0.3 is 5.97 Å². The lowest BCUT2D eigenvalue weighted by Crippen LogP contribution is -2.38. The number of benzene rings is 2. The molecule has 25 heavy (non-hydrogen) atoms. The van der Waals surface area contributed by atoms with Crippen molar-refractivity contribution in [2.24, 2.45) is 0 Å². The number of carbonyl (C=O) groups is 1. The minimum atomic E-state index is -1.13. The summed E-state index contributed by atoms with van der Waals surface area (Å²) in [7, 11) is 1.62. The van der Waals surface area contributed by atoms with Crippen molar-refractivity contribution in [2.75, 3.05) is 26.8 Å². The Balaban J connectivity index is 1.68. The molecule has 3 rings (SSSR count). The molecule has 1 atom stereocenters. The second-order valence-electron chi connectivity index (χ2n) is 5.98. The molecular weight excluding hydrogens is 325 g/mol. The zero-order valence-corrected chi connectivity index (χ0v) is 13.9. The fourth-order valence-electron chi connectivity index (χ4n) is 2.92. The number of carboxylic acids is 1. The topological polar surface area (TPSA) is 59.0 Å². The van der Waals surface area contributed by atoms with Crippen molar-refractivity contribution in [3.05, 3.63) is 65.0 Å². The van der Waals surface area contributed by atoms with E-state index >= 15 is 0 Å². The Labute approximate surface area is 145 Å². The summed E-state index contributed by atoms with van der Waals surface area (Å²) in [5.41, 5.74) is 1.49. The maximum absolute atomic E-state index is 14.1. The standard InChI is InChI=1S/C19H20FNO4/c1-24-16-6-4-13(5-7-16)18-12-21(8-9-25-18)11-15-3-2-14(19(22)23)10-17(15)20/h2-7,10,18H,8-9,11-12H2,1H3,(H,22,23). The van der Waals surface area contributed by atoms with Crippen LogP contribution < -0.4 is 4.74 Å². The van der Waals surface area contributed by atoms with E-state index in [-0.39, 0.29) is 11.7 Å². The maximum atomic E-state index is 14.1. The second kappa shape index (κ2) is 7.63. The molecule has 1 heterocycles. The van der Waals surface area contributed by atoms with Gasteiger partial charge in [0.05, 0.1) is 25.4 Å². The molecule has 0 spiro atoms. The Morgan fingerprint density at radius 2 is 2.08 bits per heavy atom. The third-order valence-corrected chi connectivity index (χ3v) is 4.33. The molecule has 1 fully saturated rings. The Kier molecular flexibility index (Phi) is 5.31. The largest absolute Gasteiger partial charge is 0.497 e. The maximum Gasteiger partial charge on any atom is 0.335 e. The Morgan fingerprint density at radius 1 is 1.32 bits per heavy atom. The van der Waals surface area contributed by atoms with E-state index in [1.54, 1.807) is 7.11 Å². The van der Waals surface area contributed by atoms with Gasteiger partial charge in [-0.15, -0.1) is 0 Å². The third kappa shape index (κ3) is 4.15. The average molecular weight is 345 g/mol. The molecule has 1 aliphatic heterocycles. The van der Waals surface area contributed by atoms with Gasteiger partial charge in [0, 0.05) is 25.2 Å². The smallest absolute Gasteiger partial charge is 0.335 e. The lowest BCUT2D eigenvalue weighted by Gasteiger charge is -2.33. The van der Waals surface area contributed by atoms with E-state index in [1.165, 1.54) is 12.1 Å². The fourth-order valence-corrected chi connectivity index (χ4v) is 2.92. The summed E-state index contributed by atoms with van der Waals surface area (Å²) in [6.07, 6.45) is -0.0824. The number of methoxy groups -OCH3 is 1. The first-order valence-electron chi connectivity index (χ1n) is 8.06. The molecule has 0 radical (unpaired) electrons. The van der Waals surface area contributed by atoms with E-state index in [0.29, 0.717) is 31.8 Å². The zero-order valence-electron chi connectivity index (χ0n) is 13.9. The molecular formula is C19H20FNO4. The predicted molar refractivity (Wildman–Crippen MR) is 90.3 cm³/mol. The highest BCUT2D eigenvalue weighted by Gasteiger charge is 2.23. The van der Waals surface area contributed by atoms with Crippen LogP contribution in [0.25, 0.3) is 0 Å². The summed E-state index contributed by atoms with van der Waals surface area (Å²) in [4.78, 5) is 13.0. The van der Waals surface area contributed by atoms with Crippen molar-refractivity contribution < 1.29 is 23.8 Å². The molecule has 0 aromatic heterocycles. The monoisotopic (exact) mass is 345 g/mol. The highest BCUT2D eigenvalue weighted by Crippen LogP contribution is 2.25. The van der Waals surface area contributed by atoms with E-state index < -0.39 is 11.8 Å². The van der Waals surface area contributed by atoms with Crippen LogP contribution in [0.3, 0.4) is 0 Å². The van der Waals surface area contributed by atoms with Crippen molar-refractivity contribution >= 4 is 5.97 Å². The Hall–Kier alpha value is -2.44. The fraction of sp³-hybridized carbons (Fsp3) is 0.316. The van der Waals surface area contributed by atoms with Gasteiger partial charge in [-0.3, -0.25) is 4.90 Å². The molecule has 2 aromatic carbocycles. The van der Waals surface area contributed by atoms with E-state index in [9.17, 15) is 9.18 Å². The van der Waals surface area contributed by atoms with E-state index in [4.69, 9.17) is 14.6 Å². The quantitative estimate of drug-likeness (QED) is 0.902. The minimum absolute atomic E-state index is 0.0423. The van der Waals surface area contributed by atoms with Gasteiger partial charge in [-0.2, -0.15) is 0 Å². The van der Waals surface area contributed by atoms with Crippen LogP contribution in [0, 0.1) is 5.82 Å². The van der Waals surface area contributed by atoms with Crippen molar-refractivity contribution in [3.8, 4) is 5.75 Å². The van der Waals surface area contributed by atoms with Gasteiger partial charge in [0.2, 0.25) is 0 Å². The van der Waals surface area contributed by atoms with Gasteiger partial charge in [-0.1, -0.05) is 18.2 Å². The third-order valence-electron chi connectivity index (χ3n) is 4.33. The first-order valence-corrected chi connectivity index (χ1v) is 8.06. The molecule has 2 aromatic rings. The van der Waals surface area contributed by atoms with E-state index in [2.05, 4.69) is 4.90 Å². The molecule has 1 aliphatic rings. The van der Waals surface area contributed by atoms with Gasteiger partial charge in [0.1, 0.15) is 11.6 Å². The number of hydrogen-bond donors (Lipinski definition) is 1. The summed E-state index contributed by atoms with van der Waals surface area (Å²) in [5.74, 6) is -0.833. The van der Waals surface area contributed by atoms with E-state index in [1.807, 2.05) is 24.3 Å². The molecule has 0 saturated carbocycles. The molecule has 6 heteroatoms. The molecule has 1 unspecified atom stereocenters. The highest BCUT2D eigenvalue weighted by atomic mass is 19.1. The lowest BCUT2D eigenvalue weighted by atomic mass is 10.1. The number of carboxylic acid groups (broad SMARTS) is 1. The van der Waals surface area contributed by atoms with Crippen LogP contribution in [-0.2, 0) is 11.3 Å². The van der Waals surface area contributed by atoms with E-state index in [0.717, 1.165) is 17.4 Å². The van der Waals surface area contributed by atoms with Crippen LogP contribution in [-0.4, -0.2) is 42.8 Å². The number of nitrogens with zero attached hydrogens (tertiary/aromatic N) is 1. The molecule has 132 valence electrons. The summed E-state index contributed by atoms with van der Waals surface area (Å²) < 4.78 is 25.1. The van der Waals surface area contributed by atoms with Crippen molar-refractivity contribution in [2.45, 2.75) is 12.6 Å². The number of ether oxygens (including phenoxy) is 2. The first kappa shape index (κ1) is 17.4. The predicted octanol–water partition coefficient (Wildman–Crippen LogP) is 3.11. The number of morpholine rings is 1. The van der Waals surface area contributed by atoms with Gasteiger partial charge < -0.3 is 14.6 Å². The first-order chi connectivity index (χ1) is 12.1. The SMILES string of the molecule is COc1ccc(C2CN(Cc3ccc(C(=O)O)cc3F)CCO2)cc1. The molecule has 1 N–H and O–H groups in total. The normalized spacial score (nSPS) is 18.1. The molecule has 0 amide bonds. The lowest BCUT2D eigenvalue weighted by molar-refractivity contribution is -0.0332. The zero-order chi connectivity index (χ0) is 17.8. The van der Waals surface area contributed by atoms with Gasteiger partial charge in [0.15, 0.2) is 0 Å². The number of halogens is 1. The molecule has 5 nitrogen and oxygen atoms in total. The number of hydrogen-bond acceptors (Lipinski definition) is 4. The molecule has 0 bridgehead atoms. The van der Waals surface area contributed by atoms with Crippen LogP contribution in [0.4, 0.5) is 4.39 Å². The van der Waals surface area contributed by atoms with Gasteiger partial charge in [-0.25, -0.2) is 9.18 Å². The van der Waals surface area contributed by atoms with Crippen LogP contribution in [0.15, 0.2) is 42.5 Å². The van der Waals surface area contributed by atoms with Gasteiger partial charge in [0.25, 0.3) is 0 Å². The summed E-state index contributed by atoms with van der Waals surface area (Å²) in [6.45, 7) is 2.33. The van der Waals surface area contributed by atoms with Gasteiger partial charge in [-0.05, 0) is 29.8 Å². The highest BCUT2D eigenvalue weighted by molar-refractivity contribution is 5.87. The summed E-state index contributed by atoms with van der Waals surface area (Å²) in [5, 5.41) is 8.92. The average Bonchev–Trinajstić information content (AvgIpc) is 2.63. The molecule has 1 saturated heterocycles. The minimum Gasteiger partial charge on any atom is -0.497 e. The van der Waals surface area contributed by atoms with Crippen molar-refractivity contribution in [3.63, 3.8) is 0 Å². The van der Waals surface area contributed by atoms with Crippen LogP contribution in [0.2, 0.25) is 0 Å². The van der Waals surface area contributed by atoms with Crippen molar-refractivity contribution in [1.82, 2.24) is 4.90 Å². The van der Waals surface area contributed by atoms with Crippen LogP contribution >= 0.6 is 0 Å². The number of aromatic carboxylic acids is 1. The number of rotatable bonds is 5. The summed E-state index contributed by atoms with van der Waals surface area (Å²) in [6, 6.07) is 11.8. The summed E-state index contributed by atoms with van der Waals surface area (Å²) >= 11 is 0.